The van der Waals surface area contributed by atoms with Crippen molar-refractivity contribution in [2.24, 2.45) is 0 Å². The number of amides is 2. The summed E-state index contributed by atoms with van der Waals surface area (Å²) in [6, 6.07) is 37.4. The van der Waals surface area contributed by atoms with Crippen molar-refractivity contribution in [3.8, 4) is 33.8 Å². The molecule has 0 aromatic heterocycles. The molecular formula is C48H46BrF2N3O5. The lowest BCUT2D eigenvalue weighted by Crippen LogP contribution is -2.36. The van der Waals surface area contributed by atoms with Crippen LogP contribution >= 0.6 is 15.9 Å². The van der Waals surface area contributed by atoms with E-state index in [9.17, 15) is 9.59 Å². The minimum Gasteiger partial charge on any atom is -0.496 e. The fourth-order valence-electron chi connectivity index (χ4n) is 6.94. The number of anilines is 3. The Kier molecular flexibility index (Phi) is 14.5. The number of benzene rings is 6. The molecular weight excluding hydrogens is 816 g/mol. The summed E-state index contributed by atoms with van der Waals surface area (Å²) in [7, 11) is 3.10. The number of nitrogens with one attached hydrogen (secondary N) is 2. The van der Waals surface area contributed by atoms with E-state index in [4.69, 9.17) is 14.2 Å². The number of halogens is 3. The molecule has 59 heavy (non-hydrogen) atoms. The third-order valence-electron chi connectivity index (χ3n) is 9.77. The maximum Gasteiger partial charge on any atom is 0.221 e. The van der Waals surface area contributed by atoms with Crippen molar-refractivity contribution < 1.29 is 32.6 Å². The van der Waals surface area contributed by atoms with Crippen LogP contribution in [0.2, 0.25) is 0 Å². The monoisotopic (exact) mass is 861 g/mol. The fraction of sp³-hybridized carbons (Fsp3) is 0.208. The zero-order valence-corrected chi connectivity index (χ0v) is 35.0. The van der Waals surface area contributed by atoms with Gasteiger partial charge in [-0.25, -0.2) is 8.78 Å². The first kappa shape index (κ1) is 42.6. The van der Waals surface area contributed by atoms with Gasteiger partial charge in [-0.3, -0.25) is 9.59 Å². The van der Waals surface area contributed by atoms with Gasteiger partial charge in [0.2, 0.25) is 11.8 Å². The van der Waals surface area contributed by atoms with Crippen LogP contribution in [0.3, 0.4) is 0 Å². The lowest BCUT2D eigenvalue weighted by atomic mass is 9.96. The molecule has 0 spiro atoms. The van der Waals surface area contributed by atoms with Gasteiger partial charge in [-0.1, -0.05) is 76.6 Å². The SMILES string of the molecule is COc1ccc(Cc2ccc(NC(C)=O)cc2)c(F)c1-c1cccc(Br)c1.COc1ccc(Cc2ccc(NC(C)=O)cc2)c(F)c1-c1cccc(N2CCOCC2)c1. The van der Waals surface area contributed by atoms with E-state index in [2.05, 4.69) is 31.5 Å². The van der Waals surface area contributed by atoms with Crippen molar-refractivity contribution in [1.82, 2.24) is 0 Å². The first-order valence-corrected chi connectivity index (χ1v) is 19.9. The zero-order chi connectivity index (χ0) is 41.9. The van der Waals surface area contributed by atoms with Crippen LogP contribution in [0.15, 0.2) is 126 Å². The highest BCUT2D eigenvalue weighted by molar-refractivity contribution is 9.10. The normalized spacial score (nSPS) is 12.2. The number of morpholine rings is 1. The molecule has 1 aliphatic heterocycles. The van der Waals surface area contributed by atoms with Gasteiger partial charge in [0.15, 0.2) is 0 Å². The second kappa shape index (κ2) is 20.1. The Balaban J connectivity index is 0.000000201. The Morgan fingerprint density at radius 2 is 1.10 bits per heavy atom. The van der Waals surface area contributed by atoms with E-state index in [-0.39, 0.29) is 23.4 Å². The summed E-state index contributed by atoms with van der Waals surface area (Å²) >= 11 is 3.43. The Morgan fingerprint density at radius 3 is 1.54 bits per heavy atom. The summed E-state index contributed by atoms with van der Waals surface area (Å²) in [5.74, 6) is 0.181. The predicted octanol–water partition coefficient (Wildman–Crippen LogP) is 10.7. The number of ether oxygens (including phenoxy) is 3. The van der Waals surface area contributed by atoms with E-state index in [1.807, 2.05) is 103 Å². The molecule has 6 aromatic rings. The number of nitrogens with zero attached hydrogens (tertiary/aromatic N) is 1. The largest absolute Gasteiger partial charge is 0.496 e. The highest BCUT2D eigenvalue weighted by Crippen LogP contribution is 2.38. The van der Waals surface area contributed by atoms with Gasteiger partial charge in [0.25, 0.3) is 0 Å². The number of rotatable bonds is 11. The maximum absolute atomic E-state index is 15.7. The summed E-state index contributed by atoms with van der Waals surface area (Å²) in [6.07, 6.45) is 0.878. The van der Waals surface area contributed by atoms with Gasteiger partial charge >= 0.3 is 0 Å². The third kappa shape index (κ3) is 11.1. The minimum absolute atomic E-state index is 0.122. The summed E-state index contributed by atoms with van der Waals surface area (Å²) in [5.41, 5.74) is 8.01. The van der Waals surface area contributed by atoms with Crippen molar-refractivity contribution in [2.45, 2.75) is 26.7 Å². The van der Waals surface area contributed by atoms with Crippen LogP contribution in [-0.4, -0.2) is 52.3 Å². The molecule has 1 aliphatic rings. The van der Waals surface area contributed by atoms with Crippen molar-refractivity contribution in [2.75, 3.05) is 56.1 Å². The van der Waals surface area contributed by atoms with Crippen LogP contribution < -0.4 is 25.0 Å². The molecule has 8 nitrogen and oxygen atoms in total. The van der Waals surface area contributed by atoms with Crippen LogP contribution in [-0.2, 0) is 27.2 Å². The molecule has 1 fully saturated rings. The van der Waals surface area contributed by atoms with Crippen LogP contribution in [0.4, 0.5) is 25.8 Å². The van der Waals surface area contributed by atoms with E-state index in [0.717, 1.165) is 56.9 Å². The molecule has 304 valence electrons. The van der Waals surface area contributed by atoms with Gasteiger partial charge in [0.05, 0.1) is 38.6 Å². The first-order chi connectivity index (χ1) is 28.5. The van der Waals surface area contributed by atoms with Crippen molar-refractivity contribution in [3.05, 3.63) is 160 Å². The molecule has 0 aliphatic carbocycles. The van der Waals surface area contributed by atoms with E-state index in [1.165, 1.54) is 21.0 Å². The van der Waals surface area contributed by atoms with Gasteiger partial charge in [-0.15, -0.1) is 0 Å². The molecule has 0 radical (unpaired) electrons. The highest BCUT2D eigenvalue weighted by atomic mass is 79.9. The standard InChI is InChI=1S/C26H27FN2O3.C22H19BrFNO2/c1-18(30)28-22-9-6-19(7-10-22)16-21-8-11-24(31-2)25(26(21)27)20-4-3-5-23(17-20)29-12-14-32-15-13-29;1-14(26)25-19-9-6-15(7-10-19)12-17-8-11-20(27-2)21(22(17)24)16-4-3-5-18(23)13-16/h3-11,17H,12-16H2,1-2H3,(H,28,30);3-11,13H,12H2,1-2H3,(H,25,26). The number of carbonyl (C=O) groups is 2. The van der Waals surface area contributed by atoms with Crippen LogP contribution in [0.5, 0.6) is 11.5 Å². The van der Waals surface area contributed by atoms with Gasteiger partial charge in [-0.2, -0.15) is 0 Å². The van der Waals surface area contributed by atoms with Gasteiger partial charge in [0.1, 0.15) is 23.1 Å². The number of methoxy groups -OCH3 is 2. The van der Waals surface area contributed by atoms with Crippen molar-refractivity contribution in [3.63, 3.8) is 0 Å². The molecule has 2 amide bonds. The van der Waals surface area contributed by atoms with E-state index >= 15 is 8.78 Å². The lowest BCUT2D eigenvalue weighted by molar-refractivity contribution is -0.115. The second-order valence-electron chi connectivity index (χ2n) is 14.0. The maximum atomic E-state index is 15.7. The highest BCUT2D eigenvalue weighted by Gasteiger charge is 2.20. The number of hydrogen-bond donors (Lipinski definition) is 2. The number of carbonyl (C=O) groups excluding carboxylic acids is 2. The molecule has 0 saturated carbocycles. The predicted molar refractivity (Wildman–Crippen MR) is 235 cm³/mol. The molecule has 0 bridgehead atoms. The zero-order valence-electron chi connectivity index (χ0n) is 33.4. The first-order valence-electron chi connectivity index (χ1n) is 19.2. The molecule has 0 unspecified atom stereocenters. The van der Waals surface area contributed by atoms with E-state index in [1.54, 1.807) is 25.3 Å². The van der Waals surface area contributed by atoms with Crippen molar-refractivity contribution in [1.29, 1.82) is 0 Å². The Bertz CT molecular complexity index is 2400. The Labute approximate surface area is 352 Å². The van der Waals surface area contributed by atoms with E-state index < -0.39 is 0 Å². The Morgan fingerprint density at radius 1 is 0.644 bits per heavy atom. The Hall–Kier alpha value is -6.04. The second-order valence-corrected chi connectivity index (χ2v) is 14.9. The summed E-state index contributed by atoms with van der Waals surface area (Å²) in [5, 5.41) is 5.47. The molecule has 1 heterocycles. The quantitative estimate of drug-likeness (QED) is 0.135. The minimum atomic E-state index is -0.293. The molecule has 7 rings (SSSR count). The van der Waals surface area contributed by atoms with E-state index in [0.29, 0.717) is 59.8 Å². The van der Waals surface area contributed by atoms with Gasteiger partial charge < -0.3 is 29.7 Å². The van der Waals surface area contributed by atoms with Gasteiger partial charge in [-0.05, 0) is 94.0 Å². The topological polar surface area (TPSA) is 89.1 Å². The summed E-state index contributed by atoms with van der Waals surface area (Å²) in [6.45, 7) is 5.95. The smallest absolute Gasteiger partial charge is 0.221 e. The van der Waals surface area contributed by atoms with Crippen LogP contribution in [0, 0.1) is 11.6 Å². The van der Waals surface area contributed by atoms with Crippen molar-refractivity contribution >= 4 is 44.8 Å². The molecule has 0 atom stereocenters. The molecule has 6 aromatic carbocycles. The summed E-state index contributed by atoms with van der Waals surface area (Å²) in [4.78, 5) is 24.6. The summed E-state index contributed by atoms with van der Waals surface area (Å²) < 4.78 is 48.3. The molecule has 2 N–H and O–H groups in total. The third-order valence-corrected chi connectivity index (χ3v) is 10.3. The lowest BCUT2D eigenvalue weighted by Gasteiger charge is -2.29. The average Bonchev–Trinajstić information content (AvgIpc) is 3.23. The number of hydrogen-bond acceptors (Lipinski definition) is 6. The van der Waals surface area contributed by atoms with Crippen LogP contribution in [0.1, 0.15) is 36.1 Å². The van der Waals surface area contributed by atoms with Crippen LogP contribution in [0.25, 0.3) is 22.3 Å². The molecule has 11 heteroatoms. The van der Waals surface area contributed by atoms with Gasteiger partial charge in [0, 0.05) is 61.3 Å². The fourth-order valence-corrected chi connectivity index (χ4v) is 7.34. The average molecular weight is 863 g/mol. The molecule has 1 saturated heterocycles.